The fourth-order valence-corrected chi connectivity index (χ4v) is 1.72. The number of carbonyl (C=O) groups excluding carboxylic acids is 1. The van der Waals surface area contributed by atoms with Crippen molar-refractivity contribution in [2.45, 2.75) is 26.0 Å². The summed E-state index contributed by atoms with van der Waals surface area (Å²) in [5, 5.41) is 19.9. The molecule has 7 N–H and O–H groups in total. The molecule has 0 radical (unpaired) electrons. The molecule has 0 bridgehead atoms. The SMILES string of the molecule is CC(=O)NC(CSCC(C)O)C(=O)O.O.O. The Kier molecular flexibility index (Phi) is 13.7. The molecule has 0 aliphatic heterocycles. The third-order valence-electron chi connectivity index (χ3n) is 1.32. The van der Waals surface area contributed by atoms with Crippen molar-refractivity contribution in [2.24, 2.45) is 0 Å². The number of aliphatic carboxylic acids is 1. The van der Waals surface area contributed by atoms with E-state index in [0.717, 1.165) is 0 Å². The number of aliphatic hydroxyl groups excluding tert-OH is 1. The van der Waals surface area contributed by atoms with Crippen LogP contribution < -0.4 is 5.32 Å². The van der Waals surface area contributed by atoms with Crippen molar-refractivity contribution in [2.75, 3.05) is 11.5 Å². The molecule has 0 saturated carbocycles. The number of thioether (sulfide) groups is 1. The van der Waals surface area contributed by atoms with Crippen LogP contribution in [0.15, 0.2) is 0 Å². The summed E-state index contributed by atoms with van der Waals surface area (Å²) in [5.74, 6) is -0.697. The van der Waals surface area contributed by atoms with E-state index in [1.165, 1.54) is 18.7 Å². The molecule has 0 aliphatic carbocycles. The number of carboxylic acids is 1. The Bertz CT molecular complexity index is 211. The van der Waals surface area contributed by atoms with E-state index < -0.39 is 18.1 Å². The lowest BCUT2D eigenvalue weighted by Crippen LogP contribution is -2.41. The highest BCUT2D eigenvalue weighted by molar-refractivity contribution is 7.99. The summed E-state index contributed by atoms with van der Waals surface area (Å²) < 4.78 is 0. The van der Waals surface area contributed by atoms with Gasteiger partial charge in [0.05, 0.1) is 6.10 Å². The van der Waals surface area contributed by atoms with E-state index in [2.05, 4.69) is 5.32 Å². The van der Waals surface area contributed by atoms with Crippen molar-refractivity contribution in [3.8, 4) is 0 Å². The lowest BCUT2D eigenvalue weighted by molar-refractivity contribution is -0.140. The monoisotopic (exact) mass is 257 g/mol. The maximum Gasteiger partial charge on any atom is 0.327 e. The topological polar surface area (TPSA) is 150 Å². The van der Waals surface area contributed by atoms with Crippen LogP contribution in [0.4, 0.5) is 0 Å². The van der Waals surface area contributed by atoms with Crippen LogP contribution >= 0.6 is 11.8 Å². The molecule has 98 valence electrons. The number of amides is 1. The first-order valence-electron chi connectivity index (χ1n) is 4.19. The van der Waals surface area contributed by atoms with E-state index in [-0.39, 0.29) is 22.6 Å². The second-order valence-electron chi connectivity index (χ2n) is 2.98. The molecule has 8 heteroatoms. The number of carboxylic acid groups (broad SMARTS) is 1. The van der Waals surface area contributed by atoms with Crippen molar-refractivity contribution >= 4 is 23.6 Å². The van der Waals surface area contributed by atoms with E-state index in [1.54, 1.807) is 6.92 Å². The average Bonchev–Trinajstić information content (AvgIpc) is 2.00. The Morgan fingerprint density at radius 3 is 2.12 bits per heavy atom. The summed E-state index contributed by atoms with van der Waals surface area (Å²) >= 11 is 1.29. The maximum absolute atomic E-state index is 10.6. The molecule has 16 heavy (non-hydrogen) atoms. The van der Waals surface area contributed by atoms with Crippen LogP contribution in [-0.2, 0) is 9.59 Å². The smallest absolute Gasteiger partial charge is 0.327 e. The Morgan fingerprint density at radius 2 is 1.81 bits per heavy atom. The normalized spacial score (nSPS) is 12.7. The number of hydrogen-bond donors (Lipinski definition) is 3. The molecule has 0 saturated heterocycles. The highest BCUT2D eigenvalue weighted by atomic mass is 32.2. The molecule has 0 aromatic carbocycles. The summed E-state index contributed by atoms with van der Waals surface area (Å²) in [6.07, 6.45) is -0.466. The lowest BCUT2D eigenvalue weighted by atomic mass is 10.3. The van der Waals surface area contributed by atoms with Gasteiger partial charge in [-0.1, -0.05) is 0 Å². The summed E-state index contributed by atoms with van der Waals surface area (Å²) in [6, 6.07) is -0.878. The van der Waals surface area contributed by atoms with Crippen molar-refractivity contribution in [3.63, 3.8) is 0 Å². The van der Waals surface area contributed by atoms with Crippen LogP contribution in [0.5, 0.6) is 0 Å². The van der Waals surface area contributed by atoms with Crippen LogP contribution in [-0.4, -0.2) is 56.7 Å². The van der Waals surface area contributed by atoms with Gasteiger partial charge in [0.15, 0.2) is 0 Å². The molecule has 7 nitrogen and oxygen atoms in total. The first kappa shape index (κ1) is 20.6. The van der Waals surface area contributed by atoms with Gasteiger partial charge in [-0.3, -0.25) is 4.79 Å². The molecule has 0 aromatic rings. The average molecular weight is 257 g/mol. The van der Waals surface area contributed by atoms with Gasteiger partial charge in [0, 0.05) is 18.4 Å². The molecule has 0 aromatic heterocycles. The van der Waals surface area contributed by atoms with Crippen LogP contribution in [0.1, 0.15) is 13.8 Å². The Hall–Kier alpha value is -0.830. The minimum atomic E-state index is -1.06. The molecule has 0 spiro atoms. The fraction of sp³-hybridized carbons (Fsp3) is 0.750. The van der Waals surface area contributed by atoms with Crippen molar-refractivity contribution in [3.05, 3.63) is 0 Å². The fourth-order valence-electron chi connectivity index (χ4n) is 0.777. The zero-order chi connectivity index (χ0) is 11.1. The van der Waals surface area contributed by atoms with Gasteiger partial charge in [-0.05, 0) is 6.92 Å². The van der Waals surface area contributed by atoms with Crippen molar-refractivity contribution < 1.29 is 30.8 Å². The van der Waals surface area contributed by atoms with Gasteiger partial charge < -0.3 is 26.5 Å². The Balaban J connectivity index is -0.000000845. The second-order valence-corrected chi connectivity index (χ2v) is 4.05. The predicted molar refractivity (Wildman–Crippen MR) is 61.5 cm³/mol. The molecule has 0 rings (SSSR count). The third kappa shape index (κ3) is 11.2. The van der Waals surface area contributed by atoms with E-state index in [1.807, 2.05) is 0 Å². The van der Waals surface area contributed by atoms with Crippen LogP contribution in [0.25, 0.3) is 0 Å². The van der Waals surface area contributed by atoms with Gasteiger partial charge in [-0.25, -0.2) is 4.79 Å². The highest BCUT2D eigenvalue weighted by Gasteiger charge is 2.18. The van der Waals surface area contributed by atoms with Gasteiger partial charge in [-0.2, -0.15) is 11.8 Å². The summed E-state index contributed by atoms with van der Waals surface area (Å²) in [6.45, 7) is 2.90. The van der Waals surface area contributed by atoms with Gasteiger partial charge in [0.2, 0.25) is 5.91 Å². The number of aliphatic hydroxyl groups is 1. The quantitative estimate of drug-likeness (QED) is 0.505. The Morgan fingerprint density at radius 1 is 1.31 bits per heavy atom. The minimum absolute atomic E-state index is 0. The number of carbonyl (C=O) groups is 2. The Labute approximate surface area is 97.8 Å². The molecular formula is C8H19NO6S. The first-order chi connectivity index (χ1) is 6.43. The number of nitrogens with one attached hydrogen (secondary N) is 1. The standard InChI is InChI=1S/C8H15NO4S.2H2O/c1-5(10)3-14-4-7(8(12)13)9-6(2)11;;/h5,7,10H,3-4H2,1-2H3,(H,9,11)(H,12,13);2*1H2. The van der Waals surface area contributed by atoms with Crippen LogP contribution in [0.3, 0.4) is 0 Å². The number of rotatable bonds is 6. The van der Waals surface area contributed by atoms with Gasteiger partial charge in [-0.15, -0.1) is 0 Å². The molecular weight excluding hydrogens is 238 g/mol. The van der Waals surface area contributed by atoms with Gasteiger partial charge >= 0.3 is 5.97 Å². The van der Waals surface area contributed by atoms with E-state index >= 15 is 0 Å². The first-order valence-corrected chi connectivity index (χ1v) is 5.34. The molecule has 1 amide bonds. The van der Waals surface area contributed by atoms with E-state index in [9.17, 15) is 9.59 Å². The molecule has 0 heterocycles. The van der Waals surface area contributed by atoms with E-state index in [0.29, 0.717) is 5.75 Å². The zero-order valence-electron chi connectivity index (χ0n) is 9.19. The molecule has 0 fully saturated rings. The molecule has 0 aliphatic rings. The zero-order valence-corrected chi connectivity index (χ0v) is 10.0. The summed E-state index contributed by atoms with van der Waals surface area (Å²) in [4.78, 5) is 21.2. The maximum atomic E-state index is 10.6. The van der Waals surface area contributed by atoms with Crippen molar-refractivity contribution in [1.29, 1.82) is 0 Å². The minimum Gasteiger partial charge on any atom is -0.480 e. The largest absolute Gasteiger partial charge is 0.480 e. The predicted octanol–water partition coefficient (Wildman–Crippen LogP) is -1.96. The third-order valence-corrected chi connectivity index (χ3v) is 2.61. The highest BCUT2D eigenvalue weighted by Crippen LogP contribution is 2.05. The molecule has 2 unspecified atom stereocenters. The van der Waals surface area contributed by atoms with Crippen molar-refractivity contribution in [1.82, 2.24) is 5.32 Å². The van der Waals surface area contributed by atoms with Crippen LogP contribution in [0, 0.1) is 0 Å². The van der Waals surface area contributed by atoms with Gasteiger partial charge in [0.25, 0.3) is 0 Å². The lowest BCUT2D eigenvalue weighted by Gasteiger charge is -2.13. The summed E-state index contributed by atoms with van der Waals surface area (Å²) in [7, 11) is 0. The second kappa shape index (κ2) is 10.7. The molecule has 2 atom stereocenters. The number of hydrogen-bond acceptors (Lipinski definition) is 4. The van der Waals surface area contributed by atoms with E-state index in [4.69, 9.17) is 10.2 Å². The van der Waals surface area contributed by atoms with Crippen LogP contribution in [0.2, 0.25) is 0 Å². The summed E-state index contributed by atoms with van der Waals surface area (Å²) in [5.41, 5.74) is 0. The van der Waals surface area contributed by atoms with Gasteiger partial charge in [0.1, 0.15) is 6.04 Å².